The second-order valence-corrected chi connectivity index (χ2v) is 4.81. The predicted molar refractivity (Wildman–Crippen MR) is 68.1 cm³/mol. The Kier molecular flexibility index (Phi) is 4.83. The zero-order valence-corrected chi connectivity index (χ0v) is 11.5. The number of hydrogen-bond acceptors (Lipinski definition) is 2. The van der Waals surface area contributed by atoms with E-state index in [9.17, 15) is 0 Å². The fourth-order valence-electron chi connectivity index (χ4n) is 1.05. The summed E-state index contributed by atoms with van der Waals surface area (Å²) in [5, 5.41) is 9.01. The van der Waals surface area contributed by atoms with Crippen LogP contribution in [-0.2, 0) is 6.61 Å². The molecule has 4 heteroatoms. The molecule has 0 heterocycles. The van der Waals surface area contributed by atoms with Crippen LogP contribution in [0.2, 0.25) is 0 Å². The molecule has 1 N–H and O–H groups in total. The normalized spacial score (nSPS) is 12.3. The Hall–Kier alpha value is -0.320. The first kappa shape index (κ1) is 12.7. The molecular weight excluding hydrogens is 324 g/mol. The van der Waals surface area contributed by atoms with Crippen LogP contribution in [0.3, 0.4) is 0 Å². The maximum atomic E-state index is 9.01. The minimum absolute atomic E-state index is 0.00842. The third-order valence-electron chi connectivity index (χ3n) is 1.88. The van der Waals surface area contributed by atoms with E-state index in [4.69, 9.17) is 9.84 Å². The zero-order valence-electron chi connectivity index (χ0n) is 8.34. The van der Waals surface area contributed by atoms with Crippen LogP contribution in [0.15, 0.2) is 33.7 Å². The van der Waals surface area contributed by atoms with Crippen molar-refractivity contribution < 1.29 is 9.84 Å². The Morgan fingerprint density at radius 3 is 2.40 bits per heavy atom. The van der Waals surface area contributed by atoms with Gasteiger partial charge in [-0.1, -0.05) is 12.7 Å². The Labute approximate surface area is 106 Å². The second-order valence-electron chi connectivity index (χ2n) is 3.11. The summed E-state index contributed by atoms with van der Waals surface area (Å²) < 4.78 is 7.26. The van der Waals surface area contributed by atoms with Crippen molar-refractivity contribution in [1.82, 2.24) is 0 Å². The number of benzene rings is 1. The first-order chi connectivity index (χ1) is 7.08. The van der Waals surface area contributed by atoms with Crippen molar-refractivity contribution in [3.05, 3.63) is 39.3 Å². The van der Waals surface area contributed by atoms with Crippen molar-refractivity contribution in [1.29, 1.82) is 0 Å². The quantitative estimate of drug-likeness (QED) is 0.851. The maximum Gasteiger partial charge on any atom is 0.148 e. The number of rotatable bonds is 4. The molecule has 2 nitrogen and oxygen atoms in total. The molecule has 0 aliphatic heterocycles. The maximum absolute atomic E-state index is 9.01. The van der Waals surface area contributed by atoms with E-state index in [0.29, 0.717) is 0 Å². The minimum atomic E-state index is -0.0578. The van der Waals surface area contributed by atoms with Crippen LogP contribution >= 0.6 is 31.9 Å². The molecule has 0 aromatic heterocycles. The number of ether oxygens (including phenoxy) is 1. The molecule has 1 atom stereocenters. The highest BCUT2D eigenvalue weighted by Crippen LogP contribution is 2.35. The van der Waals surface area contributed by atoms with Crippen LogP contribution in [0.4, 0.5) is 0 Å². The highest BCUT2D eigenvalue weighted by Gasteiger charge is 2.10. The summed E-state index contributed by atoms with van der Waals surface area (Å²) in [7, 11) is 0. The van der Waals surface area contributed by atoms with Crippen molar-refractivity contribution in [2.24, 2.45) is 0 Å². The third-order valence-corrected chi connectivity index (χ3v) is 3.05. The summed E-state index contributed by atoms with van der Waals surface area (Å²) in [6.07, 6.45) is 1.66. The first-order valence-corrected chi connectivity index (χ1v) is 6.05. The van der Waals surface area contributed by atoms with Gasteiger partial charge in [0.05, 0.1) is 15.6 Å². The molecule has 0 aliphatic rings. The average molecular weight is 336 g/mol. The molecule has 15 heavy (non-hydrogen) atoms. The lowest BCUT2D eigenvalue weighted by Crippen LogP contribution is -2.08. The van der Waals surface area contributed by atoms with Crippen LogP contribution < -0.4 is 4.74 Å². The van der Waals surface area contributed by atoms with Crippen molar-refractivity contribution in [3.8, 4) is 5.75 Å². The first-order valence-electron chi connectivity index (χ1n) is 4.46. The summed E-state index contributed by atoms with van der Waals surface area (Å²) in [6.45, 7) is 5.57. The number of aliphatic hydroxyl groups is 1. The molecule has 1 rings (SSSR count). The molecule has 1 unspecified atom stereocenters. The smallest absolute Gasteiger partial charge is 0.148 e. The SMILES string of the molecule is C=CC(C)Oc1c(Br)cc(CO)cc1Br. The summed E-state index contributed by atoms with van der Waals surface area (Å²) in [5.41, 5.74) is 0.826. The van der Waals surface area contributed by atoms with Gasteiger partial charge in [0, 0.05) is 0 Å². The molecule has 0 saturated carbocycles. The Morgan fingerprint density at radius 2 is 2.00 bits per heavy atom. The molecule has 1 aromatic rings. The van der Waals surface area contributed by atoms with Gasteiger partial charge in [-0.25, -0.2) is 0 Å². The molecular formula is C11H12Br2O2. The van der Waals surface area contributed by atoms with E-state index in [-0.39, 0.29) is 12.7 Å². The van der Waals surface area contributed by atoms with E-state index in [2.05, 4.69) is 38.4 Å². The highest BCUT2D eigenvalue weighted by molar-refractivity contribution is 9.11. The van der Waals surface area contributed by atoms with Crippen LogP contribution in [0.5, 0.6) is 5.75 Å². The fourth-order valence-corrected chi connectivity index (χ4v) is 2.52. The van der Waals surface area contributed by atoms with E-state index >= 15 is 0 Å². The summed E-state index contributed by atoms with van der Waals surface area (Å²) in [5.74, 6) is 0.722. The molecule has 82 valence electrons. The van der Waals surface area contributed by atoms with E-state index in [1.165, 1.54) is 0 Å². The van der Waals surface area contributed by atoms with Crippen LogP contribution in [0, 0.1) is 0 Å². The number of aliphatic hydroxyl groups excluding tert-OH is 1. The van der Waals surface area contributed by atoms with Gasteiger partial charge in [0.15, 0.2) is 0 Å². The number of halogens is 2. The average Bonchev–Trinajstić information content (AvgIpc) is 2.22. The van der Waals surface area contributed by atoms with Gasteiger partial charge in [-0.2, -0.15) is 0 Å². The van der Waals surface area contributed by atoms with Crippen LogP contribution in [0.25, 0.3) is 0 Å². The molecule has 0 aliphatic carbocycles. The fraction of sp³-hybridized carbons (Fsp3) is 0.273. The van der Waals surface area contributed by atoms with E-state index < -0.39 is 0 Å². The van der Waals surface area contributed by atoms with Gasteiger partial charge in [-0.05, 0) is 56.5 Å². The van der Waals surface area contributed by atoms with Crippen molar-refractivity contribution in [2.45, 2.75) is 19.6 Å². The Bertz CT molecular complexity index is 341. The largest absolute Gasteiger partial charge is 0.484 e. The van der Waals surface area contributed by atoms with Crippen LogP contribution in [-0.4, -0.2) is 11.2 Å². The lowest BCUT2D eigenvalue weighted by molar-refractivity contribution is 0.265. The zero-order chi connectivity index (χ0) is 11.4. The van der Waals surface area contributed by atoms with Gasteiger partial charge in [0.1, 0.15) is 11.9 Å². The lowest BCUT2D eigenvalue weighted by atomic mass is 10.2. The Morgan fingerprint density at radius 1 is 1.47 bits per heavy atom. The van der Waals surface area contributed by atoms with Gasteiger partial charge in [-0.3, -0.25) is 0 Å². The predicted octanol–water partition coefficient (Wildman–Crippen LogP) is 3.66. The standard InChI is InChI=1S/C11H12Br2O2/c1-3-7(2)15-11-9(12)4-8(6-14)5-10(11)13/h3-5,7,14H,1,6H2,2H3. The molecule has 0 fully saturated rings. The van der Waals surface area contributed by atoms with Gasteiger partial charge in [0.2, 0.25) is 0 Å². The number of hydrogen-bond donors (Lipinski definition) is 1. The van der Waals surface area contributed by atoms with Crippen molar-refractivity contribution in [2.75, 3.05) is 0 Å². The molecule has 0 spiro atoms. The molecule has 0 radical (unpaired) electrons. The monoisotopic (exact) mass is 334 g/mol. The van der Waals surface area contributed by atoms with Crippen LogP contribution in [0.1, 0.15) is 12.5 Å². The highest BCUT2D eigenvalue weighted by atomic mass is 79.9. The van der Waals surface area contributed by atoms with Gasteiger partial charge >= 0.3 is 0 Å². The molecule has 0 bridgehead atoms. The molecule has 0 amide bonds. The van der Waals surface area contributed by atoms with Gasteiger partial charge in [0.25, 0.3) is 0 Å². The second kappa shape index (κ2) is 5.68. The van der Waals surface area contributed by atoms with E-state index in [0.717, 1.165) is 20.3 Å². The van der Waals surface area contributed by atoms with E-state index in [1.54, 1.807) is 6.08 Å². The summed E-state index contributed by atoms with van der Waals surface area (Å²) in [4.78, 5) is 0. The van der Waals surface area contributed by atoms with Crippen molar-refractivity contribution >= 4 is 31.9 Å². The molecule has 1 aromatic carbocycles. The summed E-state index contributed by atoms with van der Waals surface area (Å²) in [6, 6.07) is 3.66. The topological polar surface area (TPSA) is 29.5 Å². The third kappa shape index (κ3) is 3.33. The Balaban J connectivity index is 3.02. The van der Waals surface area contributed by atoms with Gasteiger partial charge in [-0.15, -0.1) is 0 Å². The van der Waals surface area contributed by atoms with Gasteiger partial charge < -0.3 is 9.84 Å². The van der Waals surface area contributed by atoms with Crippen molar-refractivity contribution in [3.63, 3.8) is 0 Å². The molecule has 0 saturated heterocycles. The minimum Gasteiger partial charge on any atom is -0.484 e. The summed E-state index contributed by atoms with van der Waals surface area (Å²) >= 11 is 6.79. The lowest BCUT2D eigenvalue weighted by Gasteiger charge is -2.14. The van der Waals surface area contributed by atoms with E-state index in [1.807, 2.05) is 19.1 Å².